The molecule has 0 saturated heterocycles. The molecule has 0 aliphatic carbocycles. The first-order chi connectivity index (χ1) is 3.77. The molecule has 8 heavy (non-hydrogen) atoms. The van der Waals surface area contributed by atoms with E-state index in [-0.39, 0.29) is 0 Å². The van der Waals surface area contributed by atoms with E-state index in [2.05, 4.69) is 4.74 Å². The van der Waals surface area contributed by atoms with Gasteiger partial charge in [0.15, 0.2) is 0 Å². The normalized spacial score (nSPS) is 9.88. The molecule has 0 bridgehead atoms. The fraction of sp³-hybridized carbons (Fsp3) is 0.500. The summed E-state index contributed by atoms with van der Waals surface area (Å²) in [6.07, 6.45) is 1.25. The highest BCUT2D eigenvalue weighted by Crippen LogP contribution is 1.76. The van der Waals surface area contributed by atoms with Gasteiger partial charge in [0.05, 0.1) is 12.9 Å². The largest absolute Gasteiger partial charge is 0.502 e. The van der Waals surface area contributed by atoms with Gasteiger partial charge in [-0.15, -0.1) is 0 Å². The van der Waals surface area contributed by atoms with Crippen LogP contribution in [0.25, 0.3) is 0 Å². The second kappa shape index (κ2) is 4.68. The van der Waals surface area contributed by atoms with E-state index in [0.717, 1.165) is 5.98 Å². The maximum atomic E-state index is 8.17. The van der Waals surface area contributed by atoms with Crippen molar-refractivity contribution in [2.45, 2.75) is 6.92 Å². The van der Waals surface area contributed by atoms with Gasteiger partial charge in [0.2, 0.25) is 0 Å². The van der Waals surface area contributed by atoms with Gasteiger partial charge >= 0.3 is 7.12 Å². The summed E-state index contributed by atoms with van der Waals surface area (Å²) in [7, 11) is -1.40. The predicted octanol–water partition coefficient (Wildman–Crippen LogP) is -0.451. The van der Waals surface area contributed by atoms with Gasteiger partial charge in [0, 0.05) is 0 Å². The number of rotatable bonds is 3. The maximum Gasteiger partial charge on any atom is 0.483 e. The summed E-state index contributed by atoms with van der Waals surface area (Å²) >= 11 is 0. The molecule has 0 radical (unpaired) electrons. The van der Waals surface area contributed by atoms with Crippen molar-refractivity contribution < 1.29 is 14.8 Å². The Kier molecular flexibility index (Phi) is 4.40. The molecule has 3 nitrogen and oxygen atoms in total. The van der Waals surface area contributed by atoms with Gasteiger partial charge in [-0.05, 0) is 12.9 Å². The molecule has 0 amide bonds. The second-order valence-corrected chi connectivity index (χ2v) is 1.20. The molecule has 4 heteroatoms. The van der Waals surface area contributed by atoms with E-state index >= 15 is 0 Å². The molecule has 0 aromatic rings. The Balaban J connectivity index is 3.07. The summed E-state index contributed by atoms with van der Waals surface area (Å²) in [5.74, 6) is 1.14. The minimum absolute atomic E-state index is 0.545. The van der Waals surface area contributed by atoms with Gasteiger partial charge in [0.25, 0.3) is 0 Å². The summed E-state index contributed by atoms with van der Waals surface area (Å²) in [5, 5.41) is 16.3. The zero-order valence-electron chi connectivity index (χ0n) is 4.74. The van der Waals surface area contributed by atoms with E-state index in [9.17, 15) is 0 Å². The number of hydrogen-bond donors (Lipinski definition) is 2. The molecule has 0 atom stereocenters. The average molecular weight is 116 g/mol. The van der Waals surface area contributed by atoms with E-state index in [4.69, 9.17) is 10.0 Å². The van der Waals surface area contributed by atoms with E-state index in [1.165, 1.54) is 6.26 Å². The second-order valence-electron chi connectivity index (χ2n) is 1.20. The third-order valence-electron chi connectivity index (χ3n) is 0.514. The van der Waals surface area contributed by atoms with Crippen LogP contribution in [0.3, 0.4) is 0 Å². The number of ether oxygens (including phenoxy) is 1. The third-order valence-corrected chi connectivity index (χ3v) is 0.514. The molecule has 0 unspecified atom stereocenters. The molecule has 0 aliphatic rings. The van der Waals surface area contributed by atoms with Crippen LogP contribution in [-0.4, -0.2) is 23.8 Å². The van der Waals surface area contributed by atoms with Crippen LogP contribution < -0.4 is 0 Å². The van der Waals surface area contributed by atoms with Crippen LogP contribution in [0.1, 0.15) is 6.92 Å². The standard InChI is InChI=1S/C4H9BO3/c1-2-8-4-3-5(6)7/h3-4,6-7H,2H2,1H3. The highest BCUT2D eigenvalue weighted by Gasteiger charge is 1.96. The summed E-state index contributed by atoms with van der Waals surface area (Å²) in [6.45, 7) is 2.36. The van der Waals surface area contributed by atoms with Crippen molar-refractivity contribution in [2.75, 3.05) is 6.61 Å². The number of hydrogen-bond acceptors (Lipinski definition) is 3. The van der Waals surface area contributed by atoms with Crippen molar-refractivity contribution in [3.63, 3.8) is 0 Å². The van der Waals surface area contributed by atoms with E-state index < -0.39 is 7.12 Å². The lowest BCUT2D eigenvalue weighted by atomic mass is 9.93. The zero-order chi connectivity index (χ0) is 6.41. The van der Waals surface area contributed by atoms with Crippen LogP contribution >= 0.6 is 0 Å². The fourth-order valence-electron chi connectivity index (χ4n) is 0.222. The van der Waals surface area contributed by atoms with Gasteiger partial charge in [-0.25, -0.2) is 0 Å². The topological polar surface area (TPSA) is 49.7 Å². The van der Waals surface area contributed by atoms with Crippen molar-refractivity contribution in [1.29, 1.82) is 0 Å². The van der Waals surface area contributed by atoms with Crippen molar-refractivity contribution in [3.8, 4) is 0 Å². The van der Waals surface area contributed by atoms with Crippen molar-refractivity contribution >= 4 is 7.12 Å². The van der Waals surface area contributed by atoms with E-state index in [0.29, 0.717) is 6.61 Å². The molecule has 0 rings (SSSR count). The van der Waals surface area contributed by atoms with Gasteiger partial charge in [-0.3, -0.25) is 0 Å². The molecule has 0 saturated carbocycles. The Bertz CT molecular complexity index is 71.7. The highest BCUT2D eigenvalue weighted by molar-refractivity contribution is 6.47. The first-order valence-corrected chi connectivity index (χ1v) is 2.41. The first-order valence-electron chi connectivity index (χ1n) is 2.41. The Morgan fingerprint density at radius 3 is 2.62 bits per heavy atom. The molecule has 2 N–H and O–H groups in total. The Hall–Kier alpha value is -0.475. The smallest absolute Gasteiger partial charge is 0.483 e. The van der Waals surface area contributed by atoms with Crippen LogP contribution in [-0.2, 0) is 4.74 Å². The lowest BCUT2D eigenvalue weighted by Gasteiger charge is -1.90. The van der Waals surface area contributed by atoms with Gasteiger partial charge in [0.1, 0.15) is 0 Å². The minimum atomic E-state index is -1.40. The summed E-state index contributed by atoms with van der Waals surface area (Å²) in [4.78, 5) is 0. The quantitative estimate of drug-likeness (QED) is 0.387. The van der Waals surface area contributed by atoms with Crippen molar-refractivity contribution in [2.24, 2.45) is 0 Å². The summed E-state index contributed by atoms with van der Waals surface area (Å²) in [5.41, 5.74) is 0. The van der Waals surface area contributed by atoms with Crippen LogP contribution in [0.15, 0.2) is 12.2 Å². The molecular formula is C4H9BO3. The highest BCUT2D eigenvalue weighted by atomic mass is 16.5. The lowest BCUT2D eigenvalue weighted by Crippen LogP contribution is -2.05. The minimum Gasteiger partial charge on any atom is -0.502 e. The van der Waals surface area contributed by atoms with Crippen molar-refractivity contribution in [1.82, 2.24) is 0 Å². The molecule has 46 valence electrons. The van der Waals surface area contributed by atoms with E-state index in [1.807, 2.05) is 6.92 Å². The van der Waals surface area contributed by atoms with Crippen LogP contribution in [0, 0.1) is 0 Å². The zero-order valence-corrected chi connectivity index (χ0v) is 4.74. The summed E-state index contributed by atoms with van der Waals surface area (Å²) in [6, 6.07) is 0. The SMILES string of the molecule is CCOC=CB(O)O. The van der Waals surface area contributed by atoms with Crippen LogP contribution in [0.5, 0.6) is 0 Å². The van der Waals surface area contributed by atoms with Gasteiger partial charge < -0.3 is 14.8 Å². The monoisotopic (exact) mass is 116 g/mol. The first kappa shape index (κ1) is 7.52. The molecule has 0 fully saturated rings. The van der Waals surface area contributed by atoms with Crippen molar-refractivity contribution in [3.05, 3.63) is 12.2 Å². The molecule has 0 spiro atoms. The Morgan fingerprint density at radius 2 is 2.25 bits per heavy atom. The predicted molar refractivity (Wildman–Crippen MR) is 31.0 cm³/mol. The molecule has 0 aliphatic heterocycles. The lowest BCUT2D eigenvalue weighted by molar-refractivity contribution is 0.268. The van der Waals surface area contributed by atoms with Gasteiger partial charge in [-0.1, -0.05) is 0 Å². The maximum absolute atomic E-state index is 8.17. The van der Waals surface area contributed by atoms with E-state index in [1.54, 1.807) is 0 Å². The molecule has 0 heterocycles. The van der Waals surface area contributed by atoms with Crippen LogP contribution in [0.4, 0.5) is 0 Å². The van der Waals surface area contributed by atoms with Crippen LogP contribution in [0.2, 0.25) is 0 Å². The molecule has 0 aromatic heterocycles. The molecular weight excluding hydrogens is 107 g/mol. The van der Waals surface area contributed by atoms with Gasteiger partial charge in [-0.2, -0.15) is 0 Å². The fourth-order valence-corrected chi connectivity index (χ4v) is 0.222. The molecule has 0 aromatic carbocycles. The average Bonchev–Trinajstić information content (AvgIpc) is 1.66. The third kappa shape index (κ3) is 5.52. The Labute approximate surface area is 48.7 Å². The summed E-state index contributed by atoms with van der Waals surface area (Å²) < 4.78 is 4.64. The Morgan fingerprint density at radius 1 is 1.62 bits per heavy atom.